The predicted octanol–water partition coefficient (Wildman–Crippen LogP) is 0.00860. The second kappa shape index (κ2) is 3.96. The Kier molecular flexibility index (Phi) is 2.50. The Morgan fingerprint density at radius 1 is 1.11 bits per heavy atom. The van der Waals surface area contributed by atoms with Crippen molar-refractivity contribution >= 4 is 23.2 Å². The number of carbonyl (C=O) groups excluding carboxylic acids is 2. The molecule has 3 rings (SSSR count). The lowest BCUT2D eigenvalue weighted by Gasteiger charge is -2.37. The first-order valence-electron chi connectivity index (χ1n) is 6.21. The lowest BCUT2D eigenvalue weighted by Crippen LogP contribution is -2.50. The summed E-state index contributed by atoms with van der Waals surface area (Å²) in [5.41, 5.74) is 12.8. The molecule has 100 valence electrons. The summed E-state index contributed by atoms with van der Waals surface area (Å²) in [4.78, 5) is 27.9. The Balaban J connectivity index is 1.87. The first kappa shape index (κ1) is 12.0. The summed E-state index contributed by atoms with van der Waals surface area (Å²) in [6.07, 6.45) is 0. The molecule has 0 aliphatic carbocycles. The molecule has 1 aromatic rings. The van der Waals surface area contributed by atoms with Gasteiger partial charge in [-0.15, -0.1) is 0 Å². The highest BCUT2D eigenvalue weighted by atomic mass is 16.2. The van der Waals surface area contributed by atoms with Crippen LogP contribution in [0.3, 0.4) is 0 Å². The number of imide groups is 1. The molecule has 0 bridgehead atoms. The molecule has 1 fully saturated rings. The smallest absolute Gasteiger partial charge is 0.261 e. The molecule has 6 nitrogen and oxygen atoms in total. The molecule has 0 saturated carbocycles. The summed E-state index contributed by atoms with van der Waals surface area (Å²) in [7, 11) is 2.01. The minimum atomic E-state index is -0.263. The standard InChI is InChI=1S/C13H16N4O2/c1-16-4-7(5-16)6-17-12(18)8-2-10(14)11(15)3-9(8)13(17)19/h2-3,7H,4-6,14-15H2,1H3. The van der Waals surface area contributed by atoms with Gasteiger partial charge in [0, 0.05) is 25.6 Å². The SMILES string of the molecule is CN1CC(CN2C(=O)c3cc(N)c(N)cc3C2=O)C1. The first-order chi connectivity index (χ1) is 8.97. The van der Waals surface area contributed by atoms with Gasteiger partial charge in [0.15, 0.2) is 0 Å². The highest BCUT2D eigenvalue weighted by molar-refractivity contribution is 6.22. The van der Waals surface area contributed by atoms with Crippen LogP contribution in [-0.2, 0) is 0 Å². The van der Waals surface area contributed by atoms with E-state index in [-0.39, 0.29) is 11.8 Å². The summed E-state index contributed by atoms with van der Waals surface area (Å²) >= 11 is 0. The number of nitrogen functional groups attached to an aromatic ring is 2. The highest BCUT2D eigenvalue weighted by Gasteiger charge is 2.39. The number of carbonyl (C=O) groups is 2. The molecule has 1 saturated heterocycles. The van der Waals surface area contributed by atoms with Crippen molar-refractivity contribution in [1.82, 2.24) is 9.80 Å². The summed E-state index contributed by atoms with van der Waals surface area (Å²) in [5.74, 6) is -0.163. The number of amides is 2. The minimum absolute atomic E-state index is 0.263. The molecular weight excluding hydrogens is 244 g/mol. The van der Waals surface area contributed by atoms with Crippen molar-refractivity contribution in [3.8, 4) is 0 Å². The zero-order valence-electron chi connectivity index (χ0n) is 10.7. The van der Waals surface area contributed by atoms with Gasteiger partial charge in [0.1, 0.15) is 0 Å². The van der Waals surface area contributed by atoms with Crippen molar-refractivity contribution in [3.63, 3.8) is 0 Å². The van der Waals surface area contributed by atoms with Crippen LogP contribution in [0.15, 0.2) is 12.1 Å². The van der Waals surface area contributed by atoms with E-state index in [4.69, 9.17) is 11.5 Å². The number of nitrogens with two attached hydrogens (primary N) is 2. The lowest BCUT2D eigenvalue weighted by atomic mass is 10.0. The zero-order valence-corrected chi connectivity index (χ0v) is 10.7. The molecule has 0 spiro atoms. The van der Waals surface area contributed by atoms with Gasteiger partial charge in [-0.25, -0.2) is 0 Å². The molecule has 2 aliphatic heterocycles. The Labute approximate surface area is 110 Å². The molecule has 2 heterocycles. The van der Waals surface area contributed by atoms with Gasteiger partial charge in [-0.3, -0.25) is 14.5 Å². The minimum Gasteiger partial charge on any atom is -0.397 e. The summed E-state index contributed by atoms with van der Waals surface area (Å²) in [5, 5.41) is 0. The van der Waals surface area contributed by atoms with Crippen molar-refractivity contribution in [2.45, 2.75) is 0 Å². The van der Waals surface area contributed by atoms with Crippen molar-refractivity contribution < 1.29 is 9.59 Å². The van der Waals surface area contributed by atoms with E-state index in [1.807, 2.05) is 7.05 Å². The number of anilines is 2. The molecule has 4 N–H and O–H groups in total. The summed E-state index contributed by atoms with van der Waals surface area (Å²) in [6.45, 7) is 2.30. The van der Waals surface area contributed by atoms with E-state index < -0.39 is 0 Å². The van der Waals surface area contributed by atoms with Crippen molar-refractivity contribution in [2.75, 3.05) is 38.1 Å². The molecule has 6 heteroatoms. The van der Waals surface area contributed by atoms with Crippen LogP contribution in [0.2, 0.25) is 0 Å². The van der Waals surface area contributed by atoms with Crippen molar-refractivity contribution in [2.24, 2.45) is 5.92 Å². The van der Waals surface area contributed by atoms with E-state index in [1.54, 1.807) is 0 Å². The Morgan fingerprint density at radius 3 is 2.00 bits per heavy atom. The number of rotatable bonds is 2. The van der Waals surface area contributed by atoms with Crippen LogP contribution in [0.5, 0.6) is 0 Å². The van der Waals surface area contributed by atoms with Gasteiger partial charge >= 0.3 is 0 Å². The van der Waals surface area contributed by atoms with Gasteiger partial charge in [0.05, 0.1) is 22.5 Å². The van der Waals surface area contributed by atoms with Gasteiger partial charge in [-0.2, -0.15) is 0 Å². The van der Waals surface area contributed by atoms with Gasteiger partial charge in [0.25, 0.3) is 11.8 Å². The maximum absolute atomic E-state index is 12.2. The Bertz CT molecular complexity index is 537. The molecule has 2 amide bonds. The van der Waals surface area contributed by atoms with E-state index in [9.17, 15) is 9.59 Å². The largest absolute Gasteiger partial charge is 0.397 e. The third-order valence-corrected chi connectivity index (χ3v) is 3.75. The van der Waals surface area contributed by atoms with Crippen LogP contribution in [0.1, 0.15) is 20.7 Å². The van der Waals surface area contributed by atoms with Crippen LogP contribution in [0.4, 0.5) is 11.4 Å². The van der Waals surface area contributed by atoms with Crippen LogP contribution in [0.25, 0.3) is 0 Å². The second-order valence-corrected chi connectivity index (χ2v) is 5.33. The molecule has 2 aliphatic rings. The first-order valence-corrected chi connectivity index (χ1v) is 6.21. The Hall–Kier alpha value is -2.08. The number of hydrogen-bond acceptors (Lipinski definition) is 5. The normalized spacial score (nSPS) is 19.7. The lowest BCUT2D eigenvalue weighted by molar-refractivity contribution is 0.0519. The van der Waals surface area contributed by atoms with E-state index in [0.29, 0.717) is 35.0 Å². The van der Waals surface area contributed by atoms with Crippen molar-refractivity contribution in [1.29, 1.82) is 0 Å². The fraction of sp³-hybridized carbons (Fsp3) is 0.385. The van der Waals surface area contributed by atoms with E-state index >= 15 is 0 Å². The summed E-state index contributed by atoms with van der Waals surface area (Å²) in [6, 6.07) is 3.00. The fourth-order valence-corrected chi connectivity index (χ4v) is 2.74. The summed E-state index contributed by atoms with van der Waals surface area (Å²) < 4.78 is 0. The molecule has 0 aromatic heterocycles. The maximum Gasteiger partial charge on any atom is 0.261 e. The highest BCUT2D eigenvalue weighted by Crippen LogP contribution is 2.30. The van der Waals surface area contributed by atoms with Gasteiger partial charge in [0.2, 0.25) is 0 Å². The fourth-order valence-electron chi connectivity index (χ4n) is 2.74. The van der Waals surface area contributed by atoms with Gasteiger partial charge in [-0.05, 0) is 19.2 Å². The molecule has 1 aromatic carbocycles. The van der Waals surface area contributed by atoms with Crippen LogP contribution in [0, 0.1) is 5.92 Å². The number of fused-ring (bicyclic) bond motifs is 1. The third-order valence-electron chi connectivity index (χ3n) is 3.75. The maximum atomic E-state index is 12.2. The monoisotopic (exact) mass is 260 g/mol. The van der Waals surface area contributed by atoms with Gasteiger partial charge in [-0.1, -0.05) is 0 Å². The predicted molar refractivity (Wildman–Crippen MR) is 71.6 cm³/mol. The number of likely N-dealkylation sites (tertiary alicyclic amines) is 1. The van der Waals surface area contributed by atoms with Crippen LogP contribution < -0.4 is 11.5 Å². The topological polar surface area (TPSA) is 92.7 Å². The molecule has 19 heavy (non-hydrogen) atoms. The van der Waals surface area contributed by atoms with Gasteiger partial charge < -0.3 is 16.4 Å². The van der Waals surface area contributed by atoms with E-state index in [0.717, 1.165) is 13.1 Å². The number of nitrogens with zero attached hydrogens (tertiary/aromatic N) is 2. The molecular formula is C13H16N4O2. The average molecular weight is 260 g/mol. The quantitative estimate of drug-likeness (QED) is 0.577. The van der Waals surface area contributed by atoms with E-state index in [1.165, 1.54) is 17.0 Å². The van der Waals surface area contributed by atoms with Crippen LogP contribution in [-0.4, -0.2) is 48.3 Å². The zero-order chi connectivity index (χ0) is 13.7. The molecule has 0 atom stereocenters. The number of benzene rings is 1. The molecule has 0 radical (unpaired) electrons. The van der Waals surface area contributed by atoms with E-state index in [2.05, 4.69) is 4.90 Å². The second-order valence-electron chi connectivity index (χ2n) is 5.33. The van der Waals surface area contributed by atoms with Crippen molar-refractivity contribution in [3.05, 3.63) is 23.3 Å². The Morgan fingerprint density at radius 2 is 1.58 bits per heavy atom. The number of hydrogen-bond donors (Lipinski definition) is 2. The average Bonchev–Trinajstić information content (AvgIpc) is 2.54. The molecule has 0 unspecified atom stereocenters. The third kappa shape index (κ3) is 1.76. The van der Waals surface area contributed by atoms with Crippen LogP contribution >= 0.6 is 0 Å².